The monoisotopic (exact) mass is 510 g/mol. The molecule has 2 aromatic carbocycles. The van der Waals surface area contributed by atoms with Crippen molar-refractivity contribution in [2.24, 2.45) is 11.8 Å². The third-order valence-electron chi connectivity index (χ3n) is 4.61. The molecule has 0 unspecified atom stereocenters. The largest absolute Gasteiger partial charge is 0.468 e. The zero-order valence-corrected chi connectivity index (χ0v) is 18.8. The molecule has 2 atom stereocenters. The topological polar surface area (TPSA) is 69.7 Å². The summed E-state index contributed by atoms with van der Waals surface area (Å²) in [5.74, 6) is -4.34. The molecule has 0 aliphatic heterocycles. The van der Waals surface area contributed by atoms with Gasteiger partial charge in [-0.05, 0) is 29.8 Å². The molecule has 0 radical (unpaired) electrons. The summed E-state index contributed by atoms with van der Waals surface area (Å²) in [6, 6.07) is 14.1. The average Bonchev–Trinajstić information content (AvgIpc) is 2.71. The molecule has 0 heterocycles. The first-order valence-corrected chi connectivity index (χ1v) is 10.1. The van der Waals surface area contributed by atoms with Gasteiger partial charge in [-0.1, -0.05) is 63.0 Å². The van der Waals surface area contributed by atoms with Crippen LogP contribution in [-0.4, -0.2) is 31.9 Å². The fourth-order valence-electron chi connectivity index (χ4n) is 3.14. The highest BCUT2D eigenvalue weighted by Crippen LogP contribution is 2.36. The molecule has 0 aliphatic rings. The van der Waals surface area contributed by atoms with Crippen molar-refractivity contribution in [1.82, 2.24) is 0 Å². The Morgan fingerprint density at radius 1 is 0.786 bits per heavy atom. The molecule has 5 nitrogen and oxygen atoms in total. The van der Waals surface area contributed by atoms with Crippen molar-refractivity contribution < 1.29 is 23.9 Å². The highest BCUT2D eigenvalue weighted by molar-refractivity contribution is 9.10. The van der Waals surface area contributed by atoms with Crippen molar-refractivity contribution in [2.45, 2.75) is 12.8 Å². The molecule has 0 amide bonds. The molecule has 0 saturated heterocycles. The normalized spacial score (nSPS) is 12.9. The Labute approximate surface area is 180 Å². The van der Waals surface area contributed by atoms with Crippen LogP contribution in [0, 0.1) is 11.8 Å². The quantitative estimate of drug-likeness (QED) is 0.304. The predicted molar refractivity (Wildman–Crippen MR) is 112 cm³/mol. The van der Waals surface area contributed by atoms with Gasteiger partial charge in [-0.25, -0.2) is 0 Å². The number of carbonyl (C=O) groups excluding carboxylic acids is 3. The second-order valence-corrected chi connectivity index (χ2v) is 8.09. The molecule has 2 aromatic rings. The Morgan fingerprint density at radius 2 is 1.21 bits per heavy atom. The van der Waals surface area contributed by atoms with Crippen molar-refractivity contribution in [3.63, 3.8) is 0 Å². The lowest BCUT2D eigenvalue weighted by molar-refractivity contribution is -0.160. The first-order chi connectivity index (χ1) is 13.3. The molecule has 0 spiro atoms. The van der Waals surface area contributed by atoms with Crippen LogP contribution in [0.2, 0.25) is 0 Å². The van der Waals surface area contributed by atoms with Crippen LogP contribution in [0.3, 0.4) is 0 Å². The van der Waals surface area contributed by atoms with E-state index in [1.54, 1.807) is 55.5 Å². The molecule has 28 heavy (non-hydrogen) atoms. The van der Waals surface area contributed by atoms with Gasteiger partial charge in [-0.15, -0.1) is 0 Å². The Hall–Kier alpha value is -1.99. The zero-order valence-electron chi connectivity index (χ0n) is 15.6. The summed E-state index contributed by atoms with van der Waals surface area (Å²) in [6.45, 7) is 1.70. The number of ketones is 1. The molecule has 0 saturated carbocycles. The smallest absolute Gasteiger partial charge is 0.320 e. The second kappa shape index (κ2) is 9.98. The van der Waals surface area contributed by atoms with Gasteiger partial charge < -0.3 is 9.47 Å². The molecule has 0 aromatic heterocycles. The molecule has 0 fully saturated rings. The summed E-state index contributed by atoms with van der Waals surface area (Å²) in [4.78, 5) is 38.0. The van der Waals surface area contributed by atoms with Gasteiger partial charge in [0.05, 0.1) is 14.2 Å². The van der Waals surface area contributed by atoms with Crippen molar-refractivity contribution in [1.29, 1.82) is 0 Å². The number of esters is 2. The van der Waals surface area contributed by atoms with Crippen LogP contribution in [0.5, 0.6) is 0 Å². The number of hydrogen-bond acceptors (Lipinski definition) is 5. The SMILES string of the molecule is COC(=O)C(C(=O)OC)[C@H](c1ccc(Br)cc1)[C@H](C)C(=O)c1ccc(Br)cc1. The van der Waals surface area contributed by atoms with Gasteiger partial charge in [0, 0.05) is 26.3 Å². The molecular weight excluding hydrogens is 492 g/mol. The van der Waals surface area contributed by atoms with E-state index in [1.165, 1.54) is 14.2 Å². The number of halogens is 2. The minimum absolute atomic E-state index is 0.182. The number of ether oxygens (including phenoxy) is 2. The van der Waals surface area contributed by atoms with Crippen molar-refractivity contribution in [3.05, 3.63) is 68.6 Å². The second-order valence-electron chi connectivity index (χ2n) is 6.26. The molecule has 2 rings (SSSR count). The summed E-state index contributed by atoms with van der Waals surface area (Å²) in [6.07, 6.45) is 0. The van der Waals surface area contributed by atoms with Crippen LogP contribution in [0.1, 0.15) is 28.8 Å². The molecule has 7 heteroatoms. The third-order valence-corrected chi connectivity index (χ3v) is 5.66. The highest BCUT2D eigenvalue weighted by Gasteiger charge is 2.43. The van der Waals surface area contributed by atoms with Crippen molar-refractivity contribution in [3.8, 4) is 0 Å². The number of carbonyl (C=O) groups is 3. The van der Waals surface area contributed by atoms with Crippen LogP contribution in [0.25, 0.3) is 0 Å². The van der Waals surface area contributed by atoms with E-state index in [0.29, 0.717) is 11.1 Å². The van der Waals surface area contributed by atoms with E-state index in [2.05, 4.69) is 31.9 Å². The molecular formula is C21H20Br2O5. The Kier molecular flexibility index (Phi) is 7.95. The number of benzene rings is 2. The Morgan fingerprint density at radius 3 is 1.64 bits per heavy atom. The van der Waals surface area contributed by atoms with Gasteiger partial charge in [-0.2, -0.15) is 0 Å². The van der Waals surface area contributed by atoms with E-state index in [1.807, 2.05) is 0 Å². The van der Waals surface area contributed by atoms with E-state index in [-0.39, 0.29) is 5.78 Å². The summed E-state index contributed by atoms with van der Waals surface area (Å²) < 4.78 is 11.4. The van der Waals surface area contributed by atoms with Crippen molar-refractivity contribution >= 4 is 49.6 Å². The van der Waals surface area contributed by atoms with Gasteiger partial charge in [0.15, 0.2) is 11.7 Å². The summed E-state index contributed by atoms with van der Waals surface area (Å²) >= 11 is 6.72. The molecule has 0 bridgehead atoms. The predicted octanol–water partition coefficient (Wildman–Crippen LogP) is 4.78. The van der Waals surface area contributed by atoms with Crippen LogP contribution >= 0.6 is 31.9 Å². The molecule has 148 valence electrons. The Bertz CT molecular complexity index is 830. The van der Waals surface area contributed by atoms with E-state index < -0.39 is 29.7 Å². The van der Waals surface area contributed by atoms with Gasteiger partial charge in [0.1, 0.15) is 0 Å². The van der Waals surface area contributed by atoms with E-state index in [0.717, 1.165) is 8.95 Å². The lowest BCUT2D eigenvalue weighted by Gasteiger charge is -2.28. The number of Topliss-reactive ketones (excluding diaryl/α,β-unsaturated/α-hetero) is 1. The number of methoxy groups -OCH3 is 2. The third kappa shape index (κ3) is 5.08. The average molecular weight is 512 g/mol. The lowest BCUT2D eigenvalue weighted by Crippen LogP contribution is -2.37. The van der Waals surface area contributed by atoms with Gasteiger partial charge in [0.25, 0.3) is 0 Å². The fraction of sp³-hybridized carbons (Fsp3) is 0.286. The van der Waals surface area contributed by atoms with E-state index in [9.17, 15) is 14.4 Å². The van der Waals surface area contributed by atoms with Crippen LogP contribution in [-0.2, 0) is 19.1 Å². The van der Waals surface area contributed by atoms with Gasteiger partial charge in [-0.3, -0.25) is 14.4 Å². The standard InChI is InChI=1S/C21H20Br2O5/c1-12(19(24)14-6-10-16(23)11-7-14)17(13-4-8-15(22)9-5-13)18(20(25)27-2)21(26)28-3/h4-12,17-18H,1-3H3/t12-,17-/m0/s1. The summed E-state index contributed by atoms with van der Waals surface area (Å²) in [5.41, 5.74) is 1.16. The van der Waals surface area contributed by atoms with E-state index in [4.69, 9.17) is 9.47 Å². The minimum Gasteiger partial charge on any atom is -0.468 e. The maximum absolute atomic E-state index is 13.1. The zero-order chi connectivity index (χ0) is 20.8. The first kappa shape index (κ1) is 22.3. The van der Waals surface area contributed by atoms with Crippen molar-refractivity contribution in [2.75, 3.05) is 14.2 Å². The Balaban J connectivity index is 2.53. The number of hydrogen-bond donors (Lipinski definition) is 0. The lowest BCUT2D eigenvalue weighted by atomic mass is 9.74. The maximum Gasteiger partial charge on any atom is 0.320 e. The molecule has 0 aliphatic carbocycles. The van der Waals surface area contributed by atoms with E-state index >= 15 is 0 Å². The minimum atomic E-state index is -1.26. The molecule has 0 N–H and O–H groups in total. The number of rotatable bonds is 7. The highest BCUT2D eigenvalue weighted by atomic mass is 79.9. The van der Waals surface area contributed by atoms with Gasteiger partial charge >= 0.3 is 11.9 Å². The summed E-state index contributed by atoms with van der Waals surface area (Å²) in [5, 5.41) is 0. The van der Waals surface area contributed by atoms with Crippen LogP contribution in [0.15, 0.2) is 57.5 Å². The van der Waals surface area contributed by atoms with Gasteiger partial charge in [0.2, 0.25) is 0 Å². The summed E-state index contributed by atoms with van der Waals surface area (Å²) in [7, 11) is 2.41. The maximum atomic E-state index is 13.1. The first-order valence-electron chi connectivity index (χ1n) is 8.51. The fourth-order valence-corrected chi connectivity index (χ4v) is 3.67. The van der Waals surface area contributed by atoms with Crippen LogP contribution < -0.4 is 0 Å². The van der Waals surface area contributed by atoms with Crippen LogP contribution in [0.4, 0.5) is 0 Å².